The Balaban J connectivity index is 0.000000298. The molecule has 2 aromatic carbocycles. The zero-order chi connectivity index (χ0) is 34.7. The molecule has 0 heterocycles. The van der Waals surface area contributed by atoms with Crippen LogP contribution in [0.1, 0.15) is 162 Å². The number of allylic oxidation sites excluding steroid dienone is 8. The Bertz CT molecular complexity index is 1600. The summed E-state index contributed by atoms with van der Waals surface area (Å²) in [6.45, 7) is 30.0. The van der Waals surface area contributed by atoms with E-state index in [2.05, 4.69) is 145 Å². The number of hydrogen-bond donors (Lipinski definition) is 0. The van der Waals surface area contributed by atoms with E-state index < -0.39 is 0 Å². The molecule has 3 heteroatoms. The molecule has 0 aromatic heterocycles. The fourth-order valence-electron chi connectivity index (χ4n) is 7.84. The van der Waals surface area contributed by atoms with Crippen LogP contribution in [-0.4, -0.2) is 3.21 Å². The van der Waals surface area contributed by atoms with Crippen LogP contribution < -0.4 is 24.8 Å². The summed E-state index contributed by atoms with van der Waals surface area (Å²) in [4.78, 5) is 0. The van der Waals surface area contributed by atoms with Gasteiger partial charge in [-0.2, -0.15) is 17.2 Å². The SMILES string of the molecule is CC(C)(C)C1=CC[C-]=C1.CC(C)(C)C1=[C-]C(C)(C)c2cc3c(cc21)-c1cc2c(cc1C3)C(C)(C)C=C2C(C)(C)C.[Cl-].[Cl-].[Zr+2]=[C]1CCCCC1. The molecule has 0 spiro atoms. The van der Waals surface area contributed by atoms with E-state index in [-0.39, 0.29) is 46.5 Å². The Labute approximate surface area is 327 Å². The first kappa shape index (κ1) is 42.1. The van der Waals surface area contributed by atoms with Crippen LogP contribution >= 0.6 is 0 Å². The number of rotatable bonds is 0. The first-order valence-electron chi connectivity index (χ1n) is 18.2. The van der Waals surface area contributed by atoms with Gasteiger partial charge in [0.2, 0.25) is 0 Å². The van der Waals surface area contributed by atoms with E-state index in [1.807, 2.05) is 0 Å². The van der Waals surface area contributed by atoms with Gasteiger partial charge >= 0.3 is 59.5 Å². The third-order valence-corrected chi connectivity index (χ3v) is 11.8. The van der Waals surface area contributed by atoms with Crippen LogP contribution in [0.4, 0.5) is 0 Å². The second-order valence-corrected chi connectivity index (χ2v) is 20.6. The molecule has 0 saturated heterocycles. The third-order valence-electron chi connectivity index (χ3n) is 10.6. The summed E-state index contributed by atoms with van der Waals surface area (Å²) in [6, 6.07) is 10.0. The Morgan fingerprint density at radius 2 is 1.20 bits per heavy atom. The zero-order valence-corrected chi connectivity index (χ0v) is 36.7. The molecule has 49 heavy (non-hydrogen) atoms. The van der Waals surface area contributed by atoms with Crippen molar-refractivity contribution in [3.05, 3.63) is 93.6 Å². The van der Waals surface area contributed by atoms with E-state index in [1.54, 1.807) is 27.4 Å². The van der Waals surface area contributed by atoms with E-state index >= 15 is 0 Å². The molecule has 7 rings (SSSR count). The second-order valence-electron chi connectivity index (χ2n) is 18.8. The third kappa shape index (κ3) is 9.04. The minimum absolute atomic E-state index is 0. The first-order valence-corrected chi connectivity index (χ1v) is 19.4. The molecule has 0 radical (unpaired) electrons. The predicted molar refractivity (Wildman–Crippen MR) is 202 cm³/mol. The molecule has 0 unspecified atom stereocenters. The van der Waals surface area contributed by atoms with Crippen molar-refractivity contribution in [3.63, 3.8) is 0 Å². The fourth-order valence-corrected chi connectivity index (χ4v) is 8.71. The Kier molecular flexibility index (Phi) is 12.9. The summed E-state index contributed by atoms with van der Waals surface area (Å²) in [5.74, 6) is 0. The number of halogens is 2. The van der Waals surface area contributed by atoms with Gasteiger partial charge in [0.25, 0.3) is 0 Å². The van der Waals surface area contributed by atoms with E-state index in [0.717, 1.165) is 12.8 Å². The molecule has 2 aromatic rings. The fraction of sp³-hybridized carbons (Fsp3) is 0.543. The average Bonchev–Trinajstić information content (AvgIpc) is 3.71. The van der Waals surface area contributed by atoms with Crippen LogP contribution in [0.2, 0.25) is 0 Å². The van der Waals surface area contributed by atoms with Gasteiger partial charge in [-0.05, 0) is 62.3 Å². The Hall–Kier alpha value is -1.27. The van der Waals surface area contributed by atoms with Gasteiger partial charge in [0.1, 0.15) is 0 Å². The van der Waals surface area contributed by atoms with Gasteiger partial charge in [-0.25, -0.2) is 11.6 Å². The molecule has 5 aliphatic rings. The molecule has 264 valence electrons. The van der Waals surface area contributed by atoms with Crippen LogP contribution in [0, 0.1) is 28.4 Å². The number of fused-ring (bicyclic) bond motifs is 5. The summed E-state index contributed by atoms with van der Waals surface area (Å²) in [6.07, 6.45) is 23.2. The van der Waals surface area contributed by atoms with Crippen LogP contribution in [0.25, 0.3) is 22.3 Å². The number of hydrogen-bond acceptors (Lipinski definition) is 0. The van der Waals surface area contributed by atoms with Gasteiger partial charge in [0.05, 0.1) is 0 Å². The van der Waals surface area contributed by atoms with Crippen molar-refractivity contribution >= 4 is 14.4 Å². The normalized spacial score (nSPS) is 19.3. The molecule has 5 aliphatic carbocycles. The van der Waals surface area contributed by atoms with Gasteiger partial charge in [-0.3, -0.25) is 12.2 Å². The summed E-state index contributed by atoms with van der Waals surface area (Å²) >= 11 is 1.69. The maximum absolute atomic E-state index is 3.85. The molecule has 0 nitrogen and oxygen atoms in total. The van der Waals surface area contributed by atoms with Gasteiger partial charge in [0.15, 0.2) is 0 Å². The molecule has 1 saturated carbocycles. The van der Waals surface area contributed by atoms with Gasteiger partial charge < -0.3 is 24.8 Å². The second kappa shape index (κ2) is 15.0. The predicted octanol–water partition coefficient (Wildman–Crippen LogP) is 6.90. The maximum atomic E-state index is 3.85. The molecule has 0 amide bonds. The molecule has 1 fully saturated rings. The van der Waals surface area contributed by atoms with Crippen molar-refractivity contribution in [2.24, 2.45) is 16.2 Å². The molecular weight excluding hydrogens is 715 g/mol. The topological polar surface area (TPSA) is 0 Å². The summed E-state index contributed by atoms with van der Waals surface area (Å²) in [5.41, 5.74) is 16.6. The van der Waals surface area contributed by atoms with Crippen molar-refractivity contribution in [2.45, 2.75) is 146 Å². The van der Waals surface area contributed by atoms with Crippen LogP contribution in [-0.2, 0) is 41.5 Å². The van der Waals surface area contributed by atoms with Crippen LogP contribution in [0.15, 0.2) is 48.1 Å². The first-order chi connectivity index (χ1) is 21.6. The van der Waals surface area contributed by atoms with Crippen molar-refractivity contribution in [1.29, 1.82) is 0 Å². The van der Waals surface area contributed by atoms with Crippen LogP contribution in [0.3, 0.4) is 0 Å². The van der Waals surface area contributed by atoms with Crippen molar-refractivity contribution in [2.75, 3.05) is 0 Å². The standard InChI is InChI=1S/C31H37.C9H13.C6H10.2ClH.Zr/c1-28(2,3)26-16-30(7,8)24-12-18-11-19-13-25-23(15-21(19)20(18)14-22(24)26)27(29(4,5)6)17-31(25,9)10;1-9(2,3)8-6-4-5-7-8;1-2-4-6-5-3-1;;;/h12-16H,11H2,1-10H3;6-7H,4H2,1-3H3;1-5H2;2*1H;/q2*-1;;;;+2/p-2. The quantitative estimate of drug-likeness (QED) is 0.218. The zero-order valence-electron chi connectivity index (χ0n) is 32.7. The summed E-state index contributed by atoms with van der Waals surface area (Å²) < 4.78 is 1.80. The van der Waals surface area contributed by atoms with Crippen LogP contribution in [0.5, 0.6) is 0 Å². The van der Waals surface area contributed by atoms with E-state index in [9.17, 15) is 0 Å². The number of benzene rings is 2. The minimum atomic E-state index is -0.0202. The summed E-state index contributed by atoms with van der Waals surface area (Å²) in [5, 5.41) is 0. The average molecular weight is 775 g/mol. The van der Waals surface area contributed by atoms with E-state index in [1.165, 1.54) is 93.3 Å². The molecule has 0 bridgehead atoms. The monoisotopic (exact) mass is 772 g/mol. The van der Waals surface area contributed by atoms with Crippen molar-refractivity contribution in [3.8, 4) is 11.1 Å². The van der Waals surface area contributed by atoms with Gasteiger partial charge in [-0.15, -0.1) is 18.1 Å². The van der Waals surface area contributed by atoms with Gasteiger partial charge in [0, 0.05) is 5.41 Å². The van der Waals surface area contributed by atoms with Gasteiger partial charge in [-0.1, -0.05) is 119 Å². The molecule has 0 N–H and O–H groups in total. The Morgan fingerprint density at radius 3 is 1.63 bits per heavy atom. The Morgan fingerprint density at radius 1 is 0.653 bits per heavy atom. The molecular formula is C46H60Cl2Zr-2. The van der Waals surface area contributed by atoms with Crippen molar-refractivity contribution in [1.82, 2.24) is 0 Å². The molecule has 0 aliphatic heterocycles. The summed E-state index contributed by atoms with van der Waals surface area (Å²) in [7, 11) is 0. The molecule has 0 atom stereocenters. The van der Waals surface area contributed by atoms with Crippen molar-refractivity contribution < 1.29 is 49.0 Å². The van der Waals surface area contributed by atoms with E-state index in [4.69, 9.17) is 0 Å². The van der Waals surface area contributed by atoms with E-state index in [0.29, 0.717) is 5.41 Å².